The Bertz CT molecular complexity index is 308. The zero-order chi connectivity index (χ0) is 13.3. The molecule has 0 unspecified atom stereocenters. The summed E-state index contributed by atoms with van der Waals surface area (Å²) in [6, 6.07) is 6.61. The van der Waals surface area contributed by atoms with E-state index >= 15 is 0 Å². The standard InChI is InChI=1S/C11H16N2.2C2H6/c1-12-10-6-5-9-4-3-7-13(2)11(9)8-10;2*1-2/h5-6,8,12H,3-4,7H2,1-2H3;2*1-2H3. The third-order valence-electron chi connectivity index (χ3n) is 2.72. The predicted molar refractivity (Wildman–Crippen MR) is 80.3 cm³/mol. The fraction of sp³-hybridized carbons (Fsp3) is 0.600. The van der Waals surface area contributed by atoms with E-state index < -0.39 is 0 Å². The maximum absolute atomic E-state index is 3.17. The van der Waals surface area contributed by atoms with Crippen LogP contribution in [0.1, 0.15) is 39.7 Å². The van der Waals surface area contributed by atoms with Crippen molar-refractivity contribution in [1.29, 1.82) is 0 Å². The Kier molecular flexibility index (Phi) is 8.29. The molecule has 0 aromatic heterocycles. The van der Waals surface area contributed by atoms with Crippen molar-refractivity contribution in [1.82, 2.24) is 0 Å². The molecule has 1 aliphatic rings. The molecule has 1 aliphatic heterocycles. The van der Waals surface area contributed by atoms with E-state index in [1.165, 1.54) is 36.3 Å². The van der Waals surface area contributed by atoms with E-state index in [1.54, 1.807) is 0 Å². The van der Waals surface area contributed by atoms with Crippen molar-refractivity contribution in [3.8, 4) is 0 Å². The van der Waals surface area contributed by atoms with Gasteiger partial charge in [-0.2, -0.15) is 0 Å². The summed E-state index contributed by atoms with van der Waals surface area (Å²) >= 11 is 0. The van der Waals surface area contributed by atoms with Crippen LogP contribution < -0.4 is 10.2 Å². The van der Waals surface area contributed by atoms with Crippen LogP contribution in [-0.4, -0.2) is 20.6 Å². The Morgan fingerprint density at radius 3 is 2.35 bits per heavy atom. The topological polar surface area (TPSA) is 15.3 Å². The van der Waals surface area contributed by atoms with Crippen molar-refractivity contribution in [2.75, 3.05) is 30.9 Å². The van der Waals surface area contributed by atoms with E-state index in [1.807, 2.05) is 34.7 Å². The van der Waals surface area contributed by atoms with E-state index in [2.05, 4.69) is 35.5 Å². The summed E-state index contributed by atoms with van der Waals surface area (Å²) in [4.78, 5) is 2.33. The normalized spacial score (nSPS) is 12.5. The van der Waals surface area contributed by atoms with E-state index in [-0.39, 0.29) is 0 Å². The SMILES string of the molecule is CC.CC.CNc1ccc2c(c1)N(C)CCC2. The zero-order valence-electron chi connectivity index (χ0n) is 12.3. The van der Waals surface area contributed by atoms with Crippen LogP contribution in [-0.2, 0) is 6.42 Å². The highest BCUT2D eigenvalue weighted by Crippen LogP contribution is 2.28. The van der Waals surface area contributed by atoms with E-state index in [9.17, 15) is 0 Å². The fourth-order valence-corrected chi connectivity index (χ4v) is 1.91. The number of anilines is 2. The number of nitrogens with one attached hydrogen (secondary N) is 1. The molecule has 98 valence electrons. The molecule has 0 atom stereocenters. The lowest BCUT2D eigenvalue weighted by Crippen LogP contribution is -2.24. The smallest absolute Gasteiger partial charge is 0.0416 e. The van der Waals surface area contributed by atoms with Gasteiger partial charge in [-0.3, -0.25) is 0 Å². The average molecular weight is 236 g/mol. The number of fused-ring (bicyclic) bond motifs is 1. The van der Waals surface area contributed by atoms with Crippen molar-refractivity contribution in [3.05, 3.63) is 23.8 Å². The van der Waals surface area contributed by atoms with Crippen molar-refractivity contribution in [2.45, 2.75) is 40.5 Å². The molecule has 0 saturated carbocycles. The van der Waals surface area contributed by atoms with Crippen LogP contribution >= 0.6 is 0 Å². The predicted octanol–water partition coefficient (Wildman–Crippen LogP) is 4.16. The first-order valence-corrected chi connectivity index (χ1v) is 6.83. The van der Waals surface area contributed by atoms with Crippen LogP contribution in [0.15, 0.2) is 18.2 Å². The second-order valence-electron chi connectivity index (χ2n) is 3.62. The van der Waals surface area contributed by atoms with Crippen molar-refractivity contribution >= 4 is 11.4 Å². The molecule has 1 N–H and O–H groups in total. The number of rotatable bonds is 1. The van der Waals surface area contributed by atoms with Crippen molar-refractivity contribution in [2.24, 2.45) is 0 Å². The third-order valence-corrected chi connectivity index (χ3v) is 2.72. The van der Waals surface area contributed by atoms with Gasteiger partial charge in [-0.05, 0) is 30.5 Å². The number of hydrogen-bond acceptors (Lipinski definition) is 2. The van der Waals surface area contributed by atoms with Crippen LogP contribution in [0.4, 0.5) is 11.4 Å². The van der Waals surface area contributed by atoms with Gasteiger partial charge in [-0.25, -0.2) is 0 Å². The highest BCUT2D eigenvalue weighted by atomic mass is 15.1. The summed E-state index contributed by atoms with van der Waals surface area (Å²) in [6.45, 7) is 9.18. The first kappa shape index (κ1) is 15.8. The fourth-order valence-electron chi connectivity index (χ4n) is 1.91. The molecule has 0 saturated heterocycles. The molecule has 2 rings (SSSR count). The molecule has 0 aliphatic carbocycles. The average Bonchev–Trinajstić information content (AvgIpc) is 2.43. The monoisotopic (exact) mass is 236 g/mol. The number of hydrogen-bond donors (Lipinski definition) is 1. The largest absolute Gasteiger partial charge is 0.388 e. The van der Waals surface area contributed by atoms with Gasteiger partial charge in [-0.15, -0.1) is 0 Å². The molecule has 0 spiro atoms. The van der Waals surface area contributed by atoms with Gasteiger partial charge < -0.3 is 10.2 Å². The second kappa shape index (κ2) is 8.91. The second-order valence-corrected chi connectivity index (χ2v) is 3.62. The Morgan fingerprint density at radius 1 is 1.12 bits per heavy atom. The van der Waals surface area contributed by atoms with Crippen LogP contribution in [0.5, 0.6) is 0 Å². The summed E-state index contributed by atoms with van der Waals surface area (Å²) in [7, 11) is 4.13. The minimum atomic E-state index is 1.18. The zero-order valence-corrected chi connectivity index (χ0v) is 12.3. The minimum Gasteiger partial charge on any atom is -0.388 e. The van der Waals surface area contributed by atoms with Gasteiger partial charge >= 0.3 is 0 Å². The van der Waals surface area contributed by atoms with Gasteiger partial charge in [-0.1, -0.05) is 33.8 Å². The van der Waals surface area contributed by atoms with Gasteiger partial charge in [0.1, 0.15) is 0 Å². The highest BCUT2D eigenvalue weighted by molar-refractivity contribution is 5.63. The first-order valence-electron chi connectivity index (χ1n) is 6.83. The molecular weight excluding hydrogens is 208 g/mol. The number of nitrogens with zero attached hydrogens (tertiary/aromatic N) is 1. The summed E-state index contributed by atoms with van der Waals surface area (Å²) in [5, 5.41) is 3.17. The molecule has 0 radical (unpaired) electrons. The first-order chi connectivity index (χ1) is 8.31. The molecule has 1 heterocycles. The molecule has 17 heavy (non-hydrogen) atoms. The van der Waals surface area contributed by atoms with E-state index in [4.69, 9.17) is 0 Å². The van der Waals surface area contributed by atoms with Crippen LogP contribution in [0.25, 0.3) is 0 Å². The van der Waals surface area contributed by atoms with Crippen LogP contribution in [0, 0.1) is 0 Å². The minimum absolute atomic E-state index is 1.18. The maximum Gasteiger partial charge on any atom is 0.0416 e. The Labute approximate surface area is 107 Å². The molecule has 0 fully saturated rings. The van der Waals surface area contributed by atoms with Gasteiger partial charge in [0, 0.05) is 32.0 Å². The Balaban J connectivity index is 0.000000581. The van der Waals surface area contributed by atoms with Crippen LogP contribution in [0.2, 0.25) is 0 Å². The molecule has 0 bridgehead atoms. The van der Waals surface area contributed by atoms with Crippen molar-refractivity contribution < 1.29 is 0 Å². The lowest BCUT2D eigenvalue weighted by atomic mass is 10.0. The molecule has 2 nitrogen and oxygen atoms in total. The van der Waals surface area contributed by atoms with Crippen molar-refractivity contribution in [3.63, 3.8) is 0 Å². The van der Waals surface area contributed by atoms with Gasteiger partial charge in [0.2, 0.25) is 0 Å². The third kappa shape index (κ3) is 4.29. The summed E-state index contributed by atoms with van der Waals surface area (Å²) < 4.78 is 0. The highest BCUT2D eigenvalue weighted by Gasteiger charge is 2.12. The van der Waals surface area contributed by atoms with Crippen LogP contribution in [0.3, 0.4) is 0 Å². The number of benzene rings is 1. The molecule has 1 aromatic carbocycles. The lowest BCUT2D eigenvalue weighted by molar-refractivity contribution is 0.745. The lowest BCUT2D eigenvalue weighted by Gasteiger charge is -2.27. The number of aryl methyl sites for hydroxylation is 1. The summed E-state index contributed by atoms with van der Waals surface area (Å²) in [6.07, 6.45) is 2.51. The Hall–Kier alpha value is -1.18. The molecular formula is C15H28N2. The van der Waals surface area contributed by atoms with E-state index in [0.29, 0.717) is 0 Å². The molecule has 0 amide bonds. The quantitative estimate of drug-likeness (QED) is 0.787. The molecule has 1 aromatic rings. The molecule has 2 heteroatoms. The Morgan fingerprint density at radius 2 is 1.76 bits per heavy atom. The summed E-state index contributed by atoms with van der Waals surface area (Å²) in [5.74, 6) is 0. The maximum atomic E-state index is 3.17. The van der Waals surface area contributed by atoms with E-state index in [0.717, 1.165) is 0 Å². The van der Waals surface area contributed by atoms with Gasteiger partial charge in [0.05, 0.1) is 0 Å². The van der Waals surface area contributed by atoms with Gasteiger partial charge in [0.25, 0.3) is 0 Å². The van der Waals surface area contributed by atoms with Gasteiger partial charge in [0.15, 0.2) is 0 Å². The summed E-state index contributed by atoms with van der Waals surface area (Å²) in [5.41, 5.74) is 4.07.